The fraction of sp³-hybridized carbons (Fsp3) is 0. The van der Waals surface area contributed by atoms with Gasteiger partial charge in [0, 0.05) is 28.5 Å². The molecule has 2 rings (SSSR count). The number of halogens is 4. The summed E-state index contributed by atoms with van der Waals surface area (Å²) in [7, 11) is 0. The van der Waals surface area contributed by atoms with Crippen LogP contribution in [0.5, 0.6) is 0 Å². The third-order valence-electron chi connectivity index (χ3n) is 2.40. The lowest BCUT2D eigenvalue weighted by atomic mass is 10.0. The Bertz CT molecular complexity index is 673. The number of aromatic carboxylic acids is 1. The quantitative estimate of drug-likeness (QED) is 0.780. The zero-order chi connectivity index (χ0) is 14.2. The van der Waals surface area contributed by atoms with Crippen molar-refractivity contribution in [2.24, 2.45) is 0 Å². The Kier molecular flexibility index (Phi) is 4.21. The van der Waals surface area contributed by atoms with Gasteiger partial charge in [0.25, 0.3) is 0 Å². The van der Waals surface area contributed by atoms with Crippen molar-refractivity contribution in [3.8, 4) is 11.1 Å². The van der Waals surface area contributed by atoms with Crippen molar-refractivity contribution in [2.75, 3.05) is 0 Å². The maximum Gasteiger partial charge on any atom is 0.337 e. The largest absolute Gasteiger partial charge is 0.478 e. The first kappa shape index (κ1) is 14.4. The molecular formula is C12H5Cl4NO2. The van der Waals surface area contributed by atoms with Crippen molar-refractivity contribution in [1.29, 1.82) is 0 Å². The molecule has 0 aliphatic carbocycles. The molecule has 1 aromatic carbocycles. The Morgan fingerprint density at radius 3 is 2.32 bits per heavy atom. The van der Waals surface area contributed by atoms with Crippen LogP contribution in [0.1, 0.15) is 10.4 Å². The van der Waals surface area contributed by atoms with E-state index in [2.05, 4.69) is 4.98 Å². The summed E-state index contributed by atoms with van der Waals surface area (Å²) in [6.45, 7) is 0. The van der Waals surface area contributed by atoms with Gasteiger partial charge < -0.3 is 5.11 Å². The number of hydrogen-bond acceptors (Lipinski definition) is 2. The highest BCUT2D eigenvalue weighted by Crippen LogP contribution is 2.38. The molecule has 0 aliphatic rings. The average molecular weight is 337 g/mol. The number of nitrogens with zero attached hydrogens (tertiary/aromatic N) is 1. The Balaban J connectivity index is 2.80. The van der Waals surface area contributed by atoms with Crippen LogP contribution in [0.3, 0.4) is 0 Å². The molecule has 0 saturated carbocycles. The predicted octanol–water partition coefficient (Wildman–Crippen LogP) is 5.06. The predicted molar refractivity (Wildman–Crippen MR) is 76.7 cm³/mol. The van der Waals surface area contributed by atoms with Crippen LogP contribution in [0.4, 0.5) is 0 Å². The Morgan fingerprint density at radius 1 is 1.00 bits per heavy atom. The number of pyridine rings is 1. The van der Waals surface area contributed by atoms with E-state index in [4.69, 9.17) is 46.4 Å². The molecule has 98 valence electrons. The topological polar surface area (TPSA) is 50.2 Å². The van der Waals surface area contributed by atoms with Crippen LogP contribution in [0.25, 0.3) is 11.1 Å². The molecular weight excluding hydrogens is 332 g/mol. The van der Waals surface area contributed by atoms with Gasteiger partial charge in [-0.25, -0.2) is 4.79 Å². The van der Waals surface area contributed by atoms with E-state index in [1.54, 1.807) is 0 Å². The SMILES string of the molecule is O=C(O)c1c(Cl)cncc1-c1cc(Cl)cc(Cl)c1Cl. The minimum absolute atomic E-state index is 0.0113. The Morgan fingerprint density at radius 2 is 1.68 bits per heavy atom. The van der Waals surface area contributed by atoms with Gasteiger partial charge in [-0.3, -0.25) is 4.98 Å². The first-order valence-corrected chi connectivity index (χ1v) is 6.44. The minimum atomic E-state index is -1.19. The van der Waals surface area contributed by atoms with Crippen LogP contribution in [-0.4, -0.2) is 16.1 Å². The van der Waals surface area contributed by atoms with E-state index < -0.39 is 5.97 Å². The number of carboxylic acids is 1. The molecule has 0 radical (unpaired) electrons. The lowest BCUT2D eigenvalue weighted by Gasteiger charge is -2.10. The smallest absolute Gasteiger partial charge is 0.337 e. The standard InChI is InChI=1S/C12H5Cl4NO2/c13-5-1-6(11(16)8(14)2-5)7-3-17-4-9(15)10(7)12(18)19/h1-4H,(H,18,19). The number of carbonyl (C=O) groups is 1. The first-order valence-electron chi connectivity index (χ1n) is 4.93. The van der Waals surface area contributed by atoms with Crippen molar-refractivity contribution in [1.82, 2.24) is 4.98 Å². The molecule has 0 fully saturated rings. The van der Waals surface area contributed by atoms with Crippen LogP contribution in [-0.2, 0) is 0 Å². The summed E-state index contributed by atoms with van der Waals surface area (Å²) in [4.78, 5) is 15.1. The van der Waals surface area contributed by atoms with Crippen molar-refractivity contribution in [3.63, 3.8) is 0 Å². The molecule has 19 heavy (non-hydrogen) atoms. The lowest BCUT2D eigenvalue weighted by molar-refractivity contribution is 0.0698. The van der Waals surface area contributed by atoms with Crippen LogP contribution in [0.15, 0.2) is 24.5 Å². The van der Waals surface area contributed by atoms with Crippen LogP contribution in [0.2, 0.25) is 20.1 Å². The summed E-state index contributed by atoms with van der Waals surface area (Å²) in [5.74, 6) is -1.19. The second-order valence-corrected chi connectivity index (χ2v) is 5.23. The highest BCUT2D eigenvalue weighted by molar-refractivity contribution is 6.45. The molecule has 2 aromatic rings. The molecule has 3 nitrogen and oxygen atoms in total. The van der Waals surface area contributed by atoms with Crippen molar-refractivity contribution < 1.29 is 9.90 Å². The van der Waals surface area contributed by atoms with Gasteiger partial charge in [0.15, 0.2) is 0 Å². The van der Waals surface area contributed by atoms with Crippen molar-refractivity contribution in [3.05, 3.63) is 50.2 Å². The fourth-order valence-corrected chi connectivity index (χ4v) is 2.55. The first-order chi connectivity index (χ1) is 8.91. The van der Waals surface area contributed by atoms with Gasteiger partial charge in [0.05, 0.1) is 20.6 Å². The van der Waals surface area contributed by atoms with Gasteiger partial charge in [-0.05, 0) is 12.1 Å². The lowest BCUT2D eigenvalue weighted by Crippen LogP contribution is -2.02. The summed E-state index contributed by atoms with van der Waals surface area (Å²) in [5, 5.41) is 9.98. The van der Waals surface area contributed by atoms with E-state index in [0.717, 1.165) is 0 Å². The molecule has 0 spiro atoms. The van der Waals surface area contributed by atoms with E-state index in [9.17, 15) is 9.90 Å². The Hall–Kier alpha value is -1.000. The zero-order valence-corrected chi connectivity index (χ0v) is 12.1. The van der Waals surface area contributed by atoms with Gasteiger partial charge in [0.2, 0.25) is 0 Å². The summed E-state index contributed by atoms with van der Waals surface area (Å²) in [6, 6.07) is 2.98. The fourth-order valence-electron chi connectivity index (χ4n) is 1.61. The third-order valence-corrected chi connectivity index (χ3v) is 3.70. The normalized spacial score (nSPS) is 10.5. The number of rotatable bonds is 2. The second kappa shape index (κ2) is 5.55. The highest BCUT2D eigenvalue weighted by atomic mass is 35.5. The van der Waals surface area contributed by atoms with Gasteiger partial charge in [-0.15, -0.1) is 0 Å². The summed E-state index contributed by atoms with van der Waals surface area (Å²) in [6.07, 6.45) is 2.60. The van der Waals surface area contributed by atoms with Gasteiger partial charge in [-0.1, -0.05) is 46.4 Å². The monoisotopic (exact) mass is 335 g/mol. The zero-order valence-electron chi connectivity index (χ0n) is 9.12. The van der Waals surface area contributed by atoms with Gasteiger partial charge in [0.1, 0.15) is 0 Å². The summed E-state index contributed by atoms with van der Waals surface area (Å²) in [5.41, 5.74) is 0.526. The molecule has 7 heteroatoms. The number of carboxylic acid groups (broad SMARTS) is 1. The average Bonchev–Trinajstić information content (AvgIpc) is 2.33. The maximum atomic E-state index is 11.3. The van der Waals surface area contributed by atoms with Crippen molar-refractivity contribution >= 4 is 52.4 Å². The molecule has 1 aromatic heterocycles. The maximum absolute atomic E-state index is 11.3. The van der Waals surface area contributed by atoms with E-state index in [1.807, 2.05) is 0 Å². The van der Waals surface area contributed by atoms with Crippen LogP contribution in [0, 0.1) is 0 Å². The minimum Gasteiger partial charge on any atom is -0.478 e. The summed E-state index contributed by atoms with van der Waals surface area (Å²) >= 11 is 23.8. The number of hydrogen-bond donors (Lipinski definition) is 1. The van der Waals surface area contributed by atoms with Crippen molar-refractivity contribution in [2.45, 2.75) is 0 Å². The molecule has 1 N–H and O–H groups in total. The molecule has 0 unspecified atom stereocenters. The number of benzene rings is 1. The molecule has 0 saturated heterocycles. The Labute approximate surface area is 128 Å². The molecule has 0 bridgehead atoms. The third kappa shape index (κ3) is 2.79. The van der Waals surface area contributed by atoms with Crippen LogP contribution >= 0.6 is 46.4 Å². The second-order valence-electron chi connectivity index (χ2n) is 3.60. The van der Waals surface area contributed by atoms with Gasteiger partial charge >= 0.3 is 5.97 Å². The molecule has 0 amide bonds. The highest BCUT2D eigenvalue weighted by Gasteiger charge is 2.19. The van der Waals surface area contributed by atoms with E-state index in [-0.39, 0.29) is 26.2 Å². The molecule has 1 heterocycles. The molecule has 0 aliphatic heterocycles. The molecule has 0 atom stereocenters. The van der Waals surface area contributed by atoms with E-state index >= 15 is 0 Å². The van der Waals surface area contributed by atoms with Crippen LogP contribution < -0.4 is 0 Å². The number of aromatic nitrogens is 1. The van der Waals surface area contributed by atoms with E-state index in [1.165, 1.54) is 24.5 Å². The van der Waals surface area contributed by atoms with E-state index in [0.29, 0.717) is 10.6 Å². The van der Waals surface area contributed by atoms with Gasteiger partial charge in [-0.2, -0.15) is 0 Å². The summed E-state index contributed by atoms with van der Waals surface area (Å²) < 4.78 is 0.